The lowest BCUT2D eigenvalue weighted by molar-refractivity contribution is -0.274. The van der Waals surface area contributed by atoms with Crippen molar-refractivity contribution in [2.45, 2.75) is 49.9 Å². The summed E-state index contributed by atoms with van der Waals surface area (Å²) in [6.07, 6.45) is -1.48. The van der Waals surface area contributed by atoms with Gasteiger partial charge in [-0.2, -0.15) is 4.31 Å². The third kappa shape index (κ3) is 3.92. The van der Waals surface area contributed by atoms with E-state index in [0.29, 0.717) is 13.0 Å². The van der Waals surface area contributed by atoms with E-state index in [2.05, 4.69) is 4.74 Å². The number of nitrogens with zero attached hydrogens (tertiary/aromatic N) is 1. The van der Waals surface area contributed by atoms with E-state index in [9.17, 15) is 21.6 Å². The zero-order valence-electron chi connectivity index (χ0n) is 12.1. The Kier molecular flexibility index (Phi) is 5.01. The highest BCUT2D eigenvalue weighted by Gasteiger charge is 2.33. The summed E-state index contributed by atoms with van der Waals surface area (Å²) in [5.74, 6) is -0.433. The molecule has 4 nitrogen and oxygen atoms in total. The summed E-state index contributed by atoms with van der Waals surface area (Å²) in [5, 5.41) is 0. The number of hydrogen-bond donors (Lipinski definition) is 0. The molecule has 124 valence electrons. The van der Waals surface area contributed by atoms with E-state index in [1.54, 1.807) is 0 Å². The first-order chi connectivity index (χ1) is 10.2. The van der Waals surface area contributed by atoms with Crippen LogP contribution in [0.15, 0.2) is 29.2 Å². The Labute approximate surface area is 127 Å². The number of halogens is 3. The predicted molar refractivity (Wildman–Crippen MR) is 74.9 cm³/mol. The minimum absolute atomic E-state index is 0.0117. The minimum Gasteiger partial charge on any atom is -0.406 e. The largest absolute Gasteiger partial charge is 0.573 e. The van der Waals surface area contributed by atoms with E-state index in [1.807, 2.05) is 6.92 Å². The van der Waals surface area contributed by atoms with E-state index in [0.717, 1.165) is 43.5 Å². The summed E-state index contributed by atoms with van der Waals surface area (Å²) in [4.78, 5) is -0.0117. The molecular formula is C14H18F3NO3S. The molecule has 0 saturated carbocycles. The van der Waals surface area contributed by atoms with Crippen LogP contribution in [0.4, 0.5) is 13.2 Å². The monoisotopic (exact) mass is 337 g/mol. The van der Waals surface area contributed by atoms with Crippen LogP contribution in [0.3, 0.4) is 0 Å². The van der Waals surface area contributed by atoms with Crippen molar-refractivity contribution in [3.05, 3.63) is 24.3 Å². The summed E-state index contributed by atoms with van der Waals surface area (Å²) in [6, 6.07) is 4.29. The van der Waals surface area contributed by atoms with Crippen LogP contribution in [0.1, 0.15) is 32.6 Å². The number of rotatable bonds is 4. The molecule has 1 heterocycles. The lowest BCUT2D eigenvalue weighted by atomic mass is 10.0. The summed E-state index contributed by atoms with van der Waals surface area (Å²) < 4.78 is 66.8. The quantitative estimate of drug-likeness (QED) is 0.844. The molecule has 0 aromatic heterocycles. The molecule has 0 amide bonds. The molecule has 0 spiro atoms. The first-order valence-electron chi connectivity index (χ1n) is 7.11. The Balaban J connectivity index is 2.22. The highest BCUT2D eigenvalue weighted by Crippen LogP contribution is 2.29. The van der Waals surface area contributed by atoms with Crippen molar-refractivity contribution in [3.63, 3.8) is 0 Å². The molecule has 1 saturated heterocycles. The fourth-order valence-electron chi connectivity index (χ4n) is 2.65. The Morgan fingerprint density at radius 1 is 1.23 bits per heavy atom. The molecule has 1 fully saturated rings. The zero-order chi connectivity index (χ0) is 16.4. The molecule has 1 atom stereocenters. The standard InChI is InChI=1S/C14H18F3NO3S/c1-2-11-5-3-4-10-18(11)22(19,20)13-8-6-12(7-9-13)21-14(15,16)17/h6-9,11H,2-5,10H2,1H3. The summed E-state index contributed by atoms with van der Waals surface area (Å²) >= 11 is 0. The van der Waals surface area contributed by atoms with Crippen molar-refractivity contribution in [2.24, 2.45) is 0 Å². The Hall–Kier alpha value is -1.28. The lowest BCUT2D eigenvalue weighted by Gasteiger charge is -2.34. The van der Waals surface area contributed by atoms with Gasteiger partial charge in [-0.3, -0.25) is 0 Å². The van der Waals surface area contributed by atoms with Crippen LogP contribution in [0.2, 0.25) is 0 Å². The predicted octanol–water partition coefficient (Wildman–Crippen LogP) is 3.54. The maximum Gasteiger partial charge on any atom is 0.573 e. The fraction of sp³-hybridized carbons (Fsp3) is 0.571. The highest BCUT2D eigenvalue weighted by atomic mass is 32.2. The second-order valence-corrected chi connectivity index (χ2v) is 7.08. The summed E-state index contributed by atoms with van der Waals surface area (Å²) in [5.41, 5.74) is 0. The first-order valence-corrected chi connectivity index (χ1v) is 8.55. The number of piperidine rings is 1. The van der Waals surface area contributed by atoms with Crippen LogP contribution in [-0.2, 0) is 10.0 Å². The van der Waals surface area contributed by atoms with Gasteiger partial charge in [0.05, 0.1) is 4.90 Å². The Morgan fingerprint density at radius 2 is 1.86 bits per heavy atom. The maximum absolute atomic E-state index is 12.6. The average molecular weight is 337 g/mol. The van der Waals surface area contributed by atoms with Crippen LogP contribution >= 0.6 is 0 Å². The van der Waals surface area contributed by atoms with Gasteiger partial charge in [0.25, 0.3) is 0 Å². The molecule has 1 unspecified atom stereocenters. The third-order valence-electron chi connectivity index (χ3n) is 3.71. The molecule has 0 N–H and O–H groups in total. The van der Waals surface area contributed by atoms with Gasteiger partial charge in [0, 0.05) is 12.6 Å². The number of benzene rings is 1. The molecule has 8 heteroatoms. The molecule has 0 radical (unpaired) electrons. The van der Waals surface area contributed by atoms with Gasteiger partial charge in [0.15, 0.2) is 0 Å². The van der Waals surface area contributed by atoms with Crippen molar-refractivity contribution in [2.75, 3.05) is 6.54 Å². The van der Waals surface area contributed by atoms with E-state index in [4.69, 9.17) is 0 Å². The van der Waals surface area contributed by atoms with E-state index >= 15 is 0 Å². The Bertz CT molecular complexity index is 599. The van der Waals surface area contributed by atoms with Crippen LogP contribution in [0, 0.1) is 0 Å². The van der Waals surface area contributed by atoms with Crippen LogP contribution in [0.25, 0.3) is 0 Å². The topological polar surface area (TPSA) is 46.6 Å². The Morgan fingerprint density at radius 3 is 2.41 bits per heavy atom. The molecule has 1 aromatic carbocycles. The van der Waals surface area contributed by atoms with Crippen molar-refractivity contribution in [1.82, 2.24) is 4.31 Å². The van der Waals surface area contributed by atoms with E-state index in [-0.39, 0.29) is 10.9 Å². The molecule has 0 aliphatic carbocycles. The number of hydrogen-bond acceptors (Lipinski definition) is 3. The van der Waals surface area contributed by atoms with Crippen molar-refractivity contribution in [1.29, 1.82) is 0 Å². The van der Waals surface area contributed by atoms with Crippen molar-refractivity contribution in [3.8, 4) is 5.75 Å². The van der Waals surface area contributed by atoms with Gasteiger partial charge < -0.3 is 4.74 Å². The molecule has 0 bridgehead atoms. The van der Waals surface area contributed by atoms with Gasteiger partial charge in [-0.05, 0) is 43.5 Å². The number of sulfonamides is 1. The molecule has 1 aliphatic heterocycles. The van der Waals surface area contributed by atoms with Gasteiger partial charge in [0.1, 0.15) is 5.75 Å². The van der Waals surface area contributed by atoms with E-state index in [1.165, 1.54) is 4.31 Å². The third-order valence-corrected chi connectivity index (χ3v) is 5.67. The maximum atomic E-state index is 12.6. The molecule has 1 aliphatic rings. The van der Waals surface area contributed by atoms with Crippen molar-refractivity contribution < 1.29 is 26.3 Å². The number of alkyl halides is 3. The smallest absolute Gasteiger partial charge is 0.406 e. The zero-order valence-corrected chi connectivity index (χ0v) is 13.0. The van der Waals surface area contributed by atoms with Crippen molar-refractivity contribution >= 4 is 10.0 Å². The molecule has 1 aromatic rings. The van der Waals surface area contributed by atoms with Crippen LogP contribution in [0.5, 0.6) is 5.75 Å². The lowest BCUT2D eigenvalue weighted by Crippen LogP contribution is -2.43. The summed E-state index contributed by atoms with van der Waals surface area (Å²) in [7, 11) is -3.69. The van der Waals surface area contributed by atoms with Gasteiger partial charge in [-0.1, -0.05) is 13.3 Å². The fourth-order valence-corrected chi connectivity index (χ4v) is 4.41. The van der Waals surface area contributed by atoms with Gasteiger partial charge in [-0.15, -0.1) is 13.2 Å². The van der Waals surface area contributed by atoms with Crippen LogP contribution < -0.4 is 4.74 Å². The molecule has 2 rings (SSSR count). The van der Waals surface area contributed by atoms with Gasteiger partial charge in [0.2, 0.25) is 10.0 Å². The minimum atomic E-state index is -4.79. The summed E-state index contributed by atoms with van der Waals surface area (Å²) in [6.45, 7) is 2.38. The van der Waals surface area contributed by atoms with Gasteiger partial charge >= 0.3 is 6.36 Å². The molecule has 22 heavy (non-hydrogen) atoms. The van der Waals surface area contributed by atoms with Crippen LogP contribution in [-0.4, -0.2) is 31.7 Å². The second-order valence-electron chi connectivity index (χ2n) is 5.19. The van der Waals surface area contributed by atoms with Gasteiger partial charge in [-0.25, -0.2) is 8.42 Å². The second kappa shape index (κ2) is 6.45. The van der Waals surface area contributed by atoms with E-state index < -0.39 is 22.1 Å². The normalized spacial score (nSPS) is 20.8. The molecular weight excluding hydrogens is 319 g/mol. The first kappa shape index (κ1) is 17.1. The highest BCUT2D eigenvalue weighted by molar-refractivity contribution is 7.89. The average Bonchev–Trinajstić information content (AvgIpc) is 2.46. The number of ether oxygens (including phenoxy) is 1. The SMILES string of the molecule is CCC1CCCCN1S(=O)(=O)c1ccc(OC(F)(F)F)cc1.